The fraction of sp³-hybridized carbons (Fsp3) is 0.129. The van der Waals surface area contributed by atoms with Gasteiger partial charge in [-0.1, -0.05) is 19.9 Å². The van der Waals surface area contributed by atoms with Crippen molar-refractivity contribution in [3.63, 3.8) is 0 Å². The van der Waals surface area contributed by atoms with E-state index >= 15 is 0 Å². The van der Waals surface area contributed by atoms with Crippen molar-refractivity contribution in [2.24, 2.45) is 7.05 Å². The minimum Gasteiger partial charge on any atom is -0.457 e. The molecule has 41 heavy (non-hydrogen) atoms. The number of ether oxygens (including phenoxy) is 1. The van der Waals surface area contributed by atoms with Gasteiger partial charge in [-0.15, -0.1) is 0 Å². The Bertz CT molecular complexity index is 1840. The molecule has 6 aromatic rings. The molecule has 2 N–H and O–H groups in total. The van der Waals surface area contributed by atoms with E-state index in [0.29, 0.717) is 23.0 Å². The third-order valence-electron chi connectivity index (χ3n) is 6.51. The molecule has 204 valence electrons. The number of urea groups is 1. The maximum atomic E-state index is 13.0. The number of pyridine rings is 2. The number of carbonyl (C=O) groups excluding carboxylic acids is 1. The molecular formula is C31H28N8O2. The molecule has 10 heteroatoms. The summed E-state index contributed by atoms with van der Waals surface area (Å²) in [6.45, 7) is 4.13. The van der Waals surface area contributed by atoms with Gasteiger partial charge in [0.1, 0.15) is 17.3 Å². The van der Waals surface area contributed by atoms with E-state index in [4.69, 9.17) is 9.84 Å². The largest absolute Gasteiger partial charge is 0.457 e. The Hall–Kier alpha value is -5.51. The molecule has 2 amide bonds. The van der Waals surface area contributed by atoms with Crippen LogP contribution in [0.5, 0.6) is 11.5 Å². The summed E-state index contributed by atoms with van der Waals surface area (Å²) in [5, 5.41) is 16.9. The molecule has 0 unspecified atom stereocenters. The van der Waals surface area contributed by atoms with Gasteiger partial charge in [-0.05, 0) is 59.8 Å². The van der Waals surface area contributed by atoms with Crippen LogP contribution in [-0.4, -0.2) is 35.6 Å². The first-order valence-electron chi connectivity index (χ1n) is 13.2. The lowest BCUT2D eigenvalue weighted by molar-refractivity contribution is 0.262. The predicted molar refractivity (Wildman–Crippen MR) is 159 cm³/mol. The highest BCUT2D eigenvalue weighted by Gasteiger charge is 2.15. The maximum Gasteiger partial charge on any atom is 0.324 e. The second-order valence-corrected chi connectivity index (χ2v) is 9.91. The molecule has 2 aromatic carbocycles. The average molecular weight is 545 g/mol. The number of benzene rings is 2. The van der Waals surface area contributed by atoms with Gasteiger partial charge in [-0.2, -0.15) is 10.2 Å². The second kappa shape index (κ2) is 10.9. The fourth-order valence-electron chi connectivity index (χ4n) is 4.38. The van der Waals surface area contributed by atoms with Crippen molar-refractivity contribution in [3.8, 4) is 28.4 Å². The zero-order chi connectivity index (χ0) is 28.3. The fourth-order valence-corrected chi connectivity index (χ4v) is 4.38. The average Bonchev–Trinajstić information content (AvgIpc) is 3.60. The minimum atomic E-state index is -0.379. The van der Waals surface area contributed by atoms with Crippen LogP contribution in [0.2, 0.25) is 0 Å². The lowest BCUT2D eigenvalue weighted by Gasteiger charge is -2.11. The van der Waals surface area contributed by atoms with Gasteiger partial charge in [-0.25, -0.2) is 9.48 Å². The summed E-state index contributed by atoms with van der Waals surface area (Å²) in [7, 11) is 1.86. The molecule has 0 saturated heterocycles. The van der Waals surface area contributed by atoms with E-state index < -0.39 is 0 Å². The highest BCUT2D eigenvalue weighted by Crippen LogP contribution is 2.27. The first-order chi connectivity index (χ1) is 19.9. The molecule has 10 nitrogen and oxygen atoms in total. The molecule has 4 aromatic heterocycles. The standard InChI is InChI=1S/C31H28N8O2/c1-20(2)28-16-30(39(37-28)25-7-4-22-17-32-12-10-21(22)14-25)36-31(40)35-24-5-8-26(9-6-24)41-27-11-13-33-29(15-27)23-18-34-38(3)19-23/h4-20H,1-3H3,(H2,35,36,40). The van der Waals surface area contributed by atoms with Crippen LogP contribution in [0.1, 0.15) is 25.5 Å². The summed E-state index contributed by atoms with van der Waals surface area (Å²) in [5.74, 6) is 2.04. The summed E-state index contributed by atoms with van der Waals surface area (Å²) in [4.78, 5) is 21.6. The monoisotopic (exact) mass is 544 g/mol. The molecule has 4 heterocycles. The minimum absolute atomic E-state index is 0.192. The summed E-state index contributed by atoms with van der Waals surface area (Å²) in [6.07, 6.45) is 8.93. The van der Waals surface area contributed by atoms with Gasteiger partial charge in [0, 0.05) is 60.6 Å². The summed E-state index contributed by atoms with van der Waals surface area (Å²) in [5.41, 5.74) is 4.01. The molecule has 0 spiro atoms. The van der Waals surface area contributed by atoms with Crippen molar-refractivity contribution < 1.29 is 9.53 Å². The molecule has 0 radical (unpaired) electrons. The van der Waals surface area contributed by atoms with E-state index in [2.05, 4.69) is 39.5 Å². The summed E-state index contributed by atoms with van der Waals surface area (Å²) >= 11 is 0. The van der Waals surface area contributed by atoms with Crippen LogP contribution < -0.4 is 15.4 Å². The lowest BCUT2D eigenvalue weighted by Crippen LogP contribution is -2.21. The third kappa shape index (κ3) is 5.76. The van der Waals surface area contributed by atoms with Crippen LogP contribution in [0, 0.1) is 0 Å². The van der Waals surface area contributed by atoms with Gasteiger partial charge in [0.05, 0.1) is 23.3 Å². The Morgan fingerprint density at radius 3 is 2.51 bits per heavy atom. The Kier molecular flexibility index (Phi) is 6.87. The van der Waals surface area contributed by atoms with Crippen LogP contribution >= 0.6 is 0 Å². The molecule has 0 saturated carbocycles. The second-order valence-electron chi connectivity index (χ2n) is 9.91. The molecule has 6 rings (SSSR count). The van der Waals surface area contributed by atoms with Crippen molar-refractivity contribution in [3.05, 3.63) is 103 Å². The molecule has 0 aliphatic heterocycles. The van der Waals surface area contributed by atoms with E-state index in [0.717, 1.165) is 33.4 Å². The highest BCUT2D eigenvalue weighted by molar-refractivity contribution is 5.99. The summed E-state index contributed by atoms with van der Waals surface area (Å²) < 4.78 is 9.49. The highest BCUT2D eigenvalue weighted by atomic mass is 16.5. The van der Waals surface area contributed by atoms with E-state index in [-0.39, 0.29) is 11.9 Å². The zero-order valence-corrected chi connectivity index (χ0v) is 22.8. The Labute approximate surface area is 236 Å². The molecular weight excluding hydrogens is 516 g/mol. The van der Waals surface area contributed by atoms with Crippen molar-refractivity contribution >= 4 is 28.3 Å². The number of fused-ring (bicyclic) bond motifs is 1. The smallest absolute Gasteiger partial charge is 0.324 e. The summed E-state index contributed by atoms with van der Waals surface area (Å²) in [6, 6.07) is 20.3. The van der Waals surface area contributed by atoms with Crippen LogP contribution in [-0.2, 0) is 7.05 Å². The van der Waals surface area contributed by atoms with Gasteiger partial charge in [0.2, 0.25) is 0 Å². The SMILES string of the molecule is CC(C)c1cc(NC(=O)Nc2ccc(Oc3ccnc(-c4cnn(C)c4)c3)cc2)n(-c2ccc3cnccc3c2)n1. The number of carbonyl (C=O) groups is 1. The number of rotatable bonds is 7. The number of aromatic nitrogens is 6. The van der Waals surface area contributed by atoms with Crippen LogP contribution in [0.3, 0.4) is 0 Å². The van der Waals surface area contributed by atoms with E-state index in [1.807, 2.05) is 55.8 Å². The van der Waals surface area contributed by atoms with Crippen molar-refractivity contribution in [1.82, 2.24) is 29.5 Å². The number of hydrogen-bond acceptors (Lipinski definition) is 6. The topological polar surface area (TPSA) is 112 Å². The first kappa shape index (κ1) is 25.8. The van der Waals surface area contributed by atoms with Crippen molar-refractivity contribution in [1.29, 1.82) is 0 Å². The van der Waals surface area contributed by atoms with Gasteiger partial charge >= 0.3 is 6.03 Å². The Morgan fingerprint density at radius 2 is 1.73 bits per heavy atom. The normalized spacial score (nSPS) is 11.1. The van der Waals surface area contributed by atoms with Crippen molar-refractivity contribution in [2.45, 2.75) is 19.8 Å². The molecule has 0 fully saturated rings. The van der Waals surface area contributed by atoms with Crippen LogP contribution in [0.4, 0.5) is 16.3 Å². The molecule has 0 atom stereocenters. The Balaban J connectivity index is 1.15. The van der Waals surface area contributed by atoms with Crippen molar-refractivity contribution in [2.75, 3.05) is 10.6 Å². The predicted octanol–water partition coefficient (Wildman–Crippen LogP) is 6.78. The van der Waals surface area contributed by atoms with E-state index in [1.165, 1.54) is 0 Å². The number of anilines is 2. The van der Waals surface area contributed by atoms with Gasteiger partial charge < -0.3 is 10.1 Å². The Morgan fingerprint density at radius 1 is 0.878 bits per heavy atom. The number of aryl methyl sites for hydroxylation is 1. The first-order valence-corrected chi connectivity index (χ1v) is 13.2. The van der Waals surface area contributed by atoms with Crippen LogP contribution in [0.15, 0.2) is 97.7 Å². The zero-order valence-electron chi connectivity index (χ0n) is 22.8. The van der Waals surface area contributed by atoms with Crippen LogP contribution in [0.25, 0.3) is 27.7 Å². The number of nitrogens with one attached hydrogen (secondary N) is 2. The maximum absolute atomic E-state index is 13.0. The van der Waals surface area contributed by atoms with Gasteiger partial charge in [-0.3, -0.25) is 20.0 Å². The number of hydrogen-bond donors (Lipinski definition) is 2. The molecule has 0 bridgehead atoms. The van der Waals surface area contributed by atoms with Gasteiger partial charge in [0.25, 0.3) is 0 Å². The third-order valence-corrected chi connectivity index (χ3v) is 6.51. The molecule has 0 aliphatic carbocycles. The van der Waals surface area contributed by atoms with Gasteiger partial charge in [0.15, 0.2) is 0 Å². The van der Waals surface area contributed by atoms with E-state index in [1.54, 1.807) is 58.3 Å². The number of nitrogens with zero attached hydrogens (tertiary/aromatic N) is 6. The quantitative estimate of drug-likeness (QED) is 0.229. The lowest BCUT2D eigenvalue weighted by atomic mass is 10.1. The number of amides is 2. The van der Waals surface area contributed by atoms with E-state index in [9.17, 15) is 4.79 Å². The molecule has 0 aliphatic rings.